The zero-order valence-corrected chi connectivity index (χ0v) is 21.7. The van der Waals surface area contributed by atoms with Crippen LogP contribution in [0.2, 0.25) is 5.02 Å². The van der Waals surface area contributed by atoms with Gasteiger partial charge in [0.25, 0.3) is 0 Å². The second-order valence-electron chi connectivity index (χ2n) is 9.29. The van der Waals surface area contributed by atoms with Crippen LogP contribution in [0.1, 0.15) is 28.3 Å². The van der Waals surface area contributed by atoms with Crippen LogP contribution in [0.15, 0.2) is 82.0 Å². The highest BCUT2D eigenvalue weighted by Crippen LogP contribution is 2.32. The zero-order chi connectivity index (χ0) is 25.9. The Morgan fingerprint density at radius 3 is 2.14 bits per heavy atom. The van der Waals surface area contributed by atoms with Crippen LogP contribution >= 0.6 is 11.6 Å². The zero-order valence-electron chi connectivity index (χ0n) is 20.9. The fraction of sp³-hybridized carbons (Fsp3) is 0.267. The minimum atomic E-state index is -0.505. The first-order valence-electron chi connectivity index (χ1n) is 12.4. The van der Waals surface area contributed by atoms with Crippen molar-refractivity contribution in [1.29, 1.82) is 0 Å². The largest absolute Gasteiger partial charge is 0.495 e. The second kappa shape index (κ2) is 10.8. The van der Waals surface area contributed by atoms with E-state index in [2.05, 4.69) is 53.4 Å². The van der Waals surface area contributed by atoms with Crippen molar-refractivity contribution in [3.05, 3.63) is 110 Å². The monoisotopic (exact) mass is 516 g/mol. The summed E-state index contributed by atoms with van der Waals surface area (Å²) in [6.07, 6.45) is -0.00540. The lowest BCUT2D eigenvalue weighted by Crippen LogP contribution is -2.50. The molecule has 0 spiro atoms. The van der Waals surface area contributed by atoms with Crippen molar-refractivity contribution in [1.82, 2.24) is 9.80 Å². The lowest BCUT2D eigenvalue weighted by Gasteiger charge is -2.40. The summed E-state index contributed by atoms with van der Waals surface area (Å²) in [4.78, 5) is 30.3. The summed E-state index contributed by atoms with van der Waals surface area (Å²) in [7, 11) is 1.51. The Bertz CT molecular complexity index is 1420. The first-order valence-corrected chi connectivity index (χ1v) is 12.8. The Morgan fingerprint density at radius 2 is 1.57 bits per heavy atom. The van der Waals surface area contributed by atoms with Crippen molar-refractivity contribution in [3.63, 3.8) is 0 Å². The highest BCUT2D eigenvalue weighted by atomic mass is 35.5. The number of piperazine rings is 1. The van der Waals surface area contributed by atoms with Crippen molar-refractivity contribution < 1.29 is 13.9 Å². The SMILES string of the molecule is COc1cc2oc(=O)c(CC(=O)N3CCN(C(c4ccccc4)c4ccccc4)CC3)c(C)c2cc1Cl. The summed E-state index contributed by atoms with van der Waals surface area (Å²) >= 11 is 6.30. The molecule has 0 radical (unpaired) electrons. The third-order valence-corrected chi connectivity index (χ3v) is 7.45. The molecule has 1 fully saturated rings. The number of benzene rings is 3. The van der Waals surface area contributed by atoms with Crippen molar-refractivity contribution >= 4 is 28.5 Å². The Kier molecular flexibility index (Phi) is 7.31. The van der Waals surface area contributed by atoms with E-state index in [1.807, 2.05) is 24.0 Å². The van der Waals surface area contributed by atoms with E-state index in [0.29, 0.717) is 46.0 Å². The predicted molar refractivity (Wildman–Crippen MR) is 145 cm³/mol. The van der Waals surface area contributed by atoms with Crippen molar-refractivity contribution in [3.8, 4) is 5.75 Å². The molecule has 5 rings (SSSR count). The number of rotatable bonds is 6. The summed E-state index contributed by atoms with van der Waals surface area (Å²) in [6, 6.07) is 24.3. The fourth-order valence-corrected chi connectivity index (χ4v) is 5.37. The molecule has 37 heavy (non-hydrogen) atoms. The molecule has 0 saturated carbocycles. The Labute approximate surface area is 221 Å². The van der Waals surface area contributed by atoms with Crippen LogP contribution in [-0.4, -0.2) is 49.0 Å². The molecule has 0 bridgehead atoms. The number of aryl methyl sites for hydroxylation is 1. The van der Waals surface area contributed by atoms with Gasteiger partial charge in [-0.1, -0.05) is 72.3 Å². The van der Waals surface area contributed by atoms with Gasteiger partial charge in [-0.15, -0.1) is 0 Å². The molecule has 4 aromatic rings. The summed E-state index contributed by atoms with van der Waals surface area (Å²) < 4.78 is 10.8. The summed E-state index contributed by atoms with van der Waals surface area (Å²) in [5, 5.41) is 1.12. The fourth-order valence-electron chi connectivity index (χ4n) is 5.13. The molecule has 1 saturated heterocycles. The summed E-state index contributed by atoms with van der Waals surface area (Å²) in [5.41, 5.74) is 3.42. The van der Waals surface area contributed by atoms with Crippen LogP contribution in [0.5, 0.6) is 5.75 Å². The van der Waals surface area contributed by atoms with E-state index < -0.39 is 5.63 Å². The number of hydrogen-bond donors (Lipinski definition) is 0. The number of hydrogen-bond acceptors (Lipinski definition) is 5. The van der Waals surface area contributed by atoms with Gasteiger partial charge in [-0.25, -0.2) is 4.79 Å². The van der Waals surface area contributed by atoms with Gasteiger partial charge in [0.05, 0.1) is 30.2 Å². The Hall–Kier alpha value is -3.61. The molecule has 3 aromatic carbocycles. The number of ether oxygens (including phenoxy) is 1. The van der Waals surface area contributed by atoms with Crippen LogP contribution < -0.4 is 10.4 Å². The van der Waals surface area contributed by atoms with Crippen LogP contribution in [0.3, 0.4) is 0 Å². The molecule has 1 aliphatic rings. The van der Waals surface area contributed by atoms with E-state index in [1.165, 1.54) is 18.2 Å². The van der Waals surface area contributed by atoms with Gasteiger partial charge in [0, 0.05) is 37.6 Å². The van der Waals surface area contributed by atoms with Crippen LogP contribution in [0.25, 0.3) is 11.0 Å². The van der Waals surface area contributed by atoms with Gasteiger partial charge in [0.15, 0.2) is 0 Å². The van der Waals surface area contributed by atoms with Crippen molar-refractivity contribution in [2.45, 2.75) is 19.4 Å². The van der Waals surface area contributed by atoms with Gasteiger partial charge in [-0.05, 0) is 29.7 Å². The molecule has 1 aliphatic heterocycles. The van der Waals surface area contributed by atoms with E-state index >= 15 is 0 Å². The quantitative estimate of drug-likeness (QED) is 0.328. The predicted octanol–water partition coefficient (Wildman–Crippen LogP) is 5.24. The molecule has 6 nitrogen and oxygen atoms in total. The van der Waals surface area contributed by atoms with E-state index in [-0.39, 0.29) is 18.4 Å². The lowest BCUT2D eigenvalue weighted by molar-refractivity contribution is -0.132. The molecule has 7 heteroatoms. The number of carbonyl (C=O) groups excluding carboxylic acids is 1. The third kappa shape index (κ3) is 5.13. The maximum atomic E-state index is 13.3. The van der Waals surface area contributed by atoms with Gasteiger partial charge >= 0.3 is 5.63 Å². The molecule has 2 heterocycles. The Balaban J connectivity index is 1.33. The molecule has 0 unspecified atom stereocenters. The number of fused-ring (bicyclic) bond motifs is 1. The highest BCUT2D eigenvalue weighted by molar-refractivity contribution is 6.32. The van der Waals surface area contributed by atoms with Crippen LogP contribution in [0.4, 0.5) is 0 Å². The second-order valence-corrected chi connectivity index (χ2v) is 9.70. The normalized spacial score (nSPS) is 14.3. The summed E-state index contributed by atoms with van der Waals surface area (Å²) in [6.45, 7) is 4.49. The molecule has 190 valence electrons. The maximum Gasteiger partial charge on any atom is 0.340 e. The van der Waals surface area contributed by atoms with E-state index in [9.17, 15) is 9.59 Å². The minimum Gasteiger partial charge on any atom is -0.495 e. The minimum absolute atomic E-state index is 0.00540. The number of nitrogens with zero attached hydrogens (tertiary/aromatic N) is 2. The van der Waals surface area contributed by atoms with Gasteiger partial charge in [-0.3, -0.25) is 9.69 Å². The molecule has 0 aliphatic carbocycles. The first kappa shape index (κ1) is 25.1. The molecule has 0 N–H and O–H groups in total. The van der Waals surface area contributed by atoms with Gasteiger partial charge in [-0.2, -0.15) is 0 Å². The van der Waals surface area contributed by atoms with Gasteiger partial charge < -0.3 is 14.1 Å². The summed E-state index contributed by atoms with van der Waals surface area (Å²) in [5.74, 6) is 0.354. The smallest absolute Gasteiger partial charge is 0.340 e. The number of amides is 1. The van der Waals surface area contributed by atoms with Crippen LogP contribution in [0, 0.1) is 6.92 Å². The highest BCUT2D eigenvalue weighted by Gasteiger charge is 2.29. The molecular formula is C30H29ClN2O4. The lowest BCUT2D eigenvalue weighted by atomic mass is 9.96. The molecule has 1 aromatic heterocycles. The number of halogens is 1. The molecule has 1 amide bonds. The average molecular weight is 517 g/mol. The van der Waals surface area contributed by atoms with E-state index in [0.717, 1.165) is 13.1 Å². The average Bonchev–Trinajstić information content (AvgIpc) is 2.93. The van der Waals surface area contributed by atoms with Crippen molar-refractivity contribution in [2.75, 3.05) is 33.3 Å². The third-order valence-electron chi connectivity index (χ3n) is 7.15. The molecular weight excluding hydrogens is 488 g/mol. The number of carbonyl (C=O) groups is 1. The topological polar surface area (TPSA) is 63.0 Å². The van der Waals surface area contributed by atoms with Gasteiger partial charge in [0.1, 0.15) is 11.3 Å². The molecule has 0 atom stereocenters. The first-order chi connectivity index (χ1) is 18.0. The number of methoxy groups -OCH3 is 1. The maximum absolute atomic E-state index is 13.3. The van der Waals surface area contributed by atoms with E-state index in [4.69, 9.17) is 20.8 Å². The van der Waals surface area contributed by atoms with E-state index in [1.54, 1.807) is 12.1 Å². The van der Waals surface area contributed by atoms with Crippen LogP contribution in [-0.2, 0) is 11.2 Å². The standard InChI is InChI=1S/C30H29ClN2O4/c1-20-23-17-25(31)27(36-2)19-26(23)37-30(35)24(20)18-28(34)32-13-15-33(16-14-32)29(21-9-5-3-6-10-21)22-11-7-4-8-12-22/h3-12,17,19,29H,13-16,18H2,1-2H3. The Morgan fingerprint density at radius 1 is 0.973 bits per heavy atom. The van der Waals surface area contributed by atoms with Crippen molar-refractivity contribution in [2.24, 2.45) is 0 Å². The van der Waals surface area contributed by atoms with Gasteiger partial charge in [0.2, 0.25) is 5.91 Å².